The molecule has 0 aromatic heterocycles. The van der Waals surface area contributed by atoms with Gasteiger partial charge in [0.2, 0.25) is 0 Å². The Kier molecular flexibility index (Phi) is 6.20. The highest BCUT2D eigenvalue weighted by atomic mass is 35.5. The zero-order valence-corrected chi connectivity index (χ0v) is 11.6. The summed E-state index contributed by atoms with van der Waals surface area (Å²) in [5.74, 6) is 0.726. The van der Waals surface area contributed by atoms with Crippen molar-refractivity contribution in [2.24, 2.45) is 5.92 Å². The number of unbranched alkanes of at least 4 members (excludes halogenated alkanes) is 1. The van der Waals surface area contributed by atoms with E-state index in [0.717, 1.165) is 18.2 Å². The summed E-state index contributed by atoms with van der Waals surface area (Å²) in [6.07, 6.45) is 5.06. The molecule has 0 amide bonds. The van der Waals surface area contributed by atoms with Gasteiger partial charge in [-0.1, -0.05) is 44.7 Å². The predicted molar refractivity (Wildman–Crippen MR) is 77.7 cm³/mol. The molecule has 1 atom stereocenters. The maximum Gasteiger partial charge on any atom is 0.0657 e. The van der Waals surface area contributed by atoms with Gasteiger partial charge in [0.1, 0.15) is 0 Å². The van der Waals surface area contributed by atoms with Crippen LogP contribution < -0.4 is 11.1 Å². The molecule has 1 aromatic rings. The van der Waals surface area contributed by atoms with Crippen molar-refractivity contribution in [1.29, 1.82) is 0 Å². The minimum absolute atomic E-state index is 0.704. The second kappa shape index (κ2) is 7.44. The Labute approximate surface area is 110 Å². The van der Waals surface area contributed by atoms with Gasteiger partial charge in [0.25, 0.3) is 0 Å². The van der Waals surface area contributed by atoms with Crippen LogP contribution in [0.25, 0.3) is 0 Å². The van der Waals surface area contributed by atoms with Crippen molar-refractivity contribution in [3.8, 4) is 0 Å². The van der Waals surface area contributed by atoms with Crippen LogP contribution >= 0.6 is 11.6 Å². The number of benzene rings is 1. The number of nitrogens with two attached hydrogens (primary N) is 1. The van der Waals surface area contributed by atoms with E-state index in [2.05, 4.69) is 19.2 Å². The lowest BCUT2D eigenvalue weighted by molar-refractivity contribution is 0.473. The number of halogens is 1. The SMILES string of the molecule is CCCCC(CC)CNc1ccc(N)cc1Cl. The van der Waals surface area contributed by atoms with Crippen molar-refractivity contribution >= 4 is 23.0 Å². The van der Waals surface area contributed by atoms with Gasteiger partial charge in [-0.15, -0.1) is 0 Å². The lowest BCUT2D eigenvalue weighted by atomic mass is 9.99. The van der Waals surface area contributed by atoms with E-state index < -0.39 is 0 Å². The zero-order chi connectivity index (χ0) is 12.7. The maximum absolute atomic E-state index is 6.12. The molecule has 0 radical (unpaired) electrons. The Morgan fingerprint density at radius 2 is 2.12 bits per heavy atom. The van der Waals surface area contributed by atoms with Gasteiger partial charge >= 0.3 is 0 Å². The van der Waals surface area contributed by atoms with Crippen LogP contribution in [0.2, 0.25) is 5.02 Å². The summed E-state index contributed by atoms with van der Waals surface area (Å²) in [5, 5.41) is 4.12. The zero-order valence-electron chi connectivity index (χ0n) is 10.8. The highest BCUT2D eigenvalue weighted by molar-refractivity contribution is 6.33. The first-order valence-corrected chi connectivity index (χ1v) is 6.84. The van der Waals surface area contributed by atoms with Crippen molar-refractivity contribution in [2.45, 2.75) is 39.5 Å². The molecular formula is C14H23ClN2. The Balaban J connectivity index is 2.47. The Bertz CT molecular complexity index is 339. The van der Waals surface area contributed by atoms with E-state index >= 15 is 0 Å². The first-order chi connectivity index (χ1) is 8.17. The summed E-state index contributed by atoms with van der Waals surface area (Å²) in [7, 11) is 0. The molecule has 0 saturated heterocycles. The fourth-order valence-corrected chi connectivity index (χ4v) is 2.13. The van der Waals surface area contributed by atoms with E-state index in [9.17, 15) is 0 Å². The summed E-state index contributed by atoms with van der Waals surface area (Å²) >= 11 is 6.12. The maximum atomic E-state index is 6.12. The van der Waals surface area contributed by atoms with Crippen LogP contribution in [-0.4, -0.2) is 6.54 Å². The van der Waals surface area contributed by atoms with Gasteiger partial charge in [-0.3, -0.25) is 0 Å². The lowest BCUT2D eigenvalue weighted by Crippen LogP contribution is -2.13. The van der Waals surface area contributed by atoms with Gasteiger partial charge in [0.05, 0.1) is 10.7 Å². The van der Waals surface area contributed by atoms with Gasteiger partial charge in [-0.2, -0.15) is 0 Å². The van der Waals surface area contributed by atoms with Gasteiger partial charge < -0.3 is 11.1 Å². The number of nitrogens with one attached hydrogen (secondary N) is 1. The summed E-state index contributed by atoms with van der Waals surface area (Å²) in [6.45, 7) is 5.46. The van der Waals surface area contributed by atoms with E-state index in [4.69, 9.17) is 17.3 Å². The molecule has 0 aliphatic heterocycles. The van der Waals surface area contributed by atoms with Crippen molar-refractivity contribution < 1.29 is 0 Å². The Hall–Kier alpha value is -0.890. The van der Waals surface area contributed by atoms with Crippen LogP contribution in [0, 0.1) is 5.92 Å². The molecule has 1 aromatic carbocycles. The molecule has 0 bridgehead atoms. The average Bonchev–Trinajstić information content (AvgIpc) is 2.31. The molecule has 0 aliphatic carbocycles. The third-order valence-corrected chi connectivity index (χ3v) is 3.43. The largest absolute Gasteiger partial charge is 0.399 e. The van der Waals surface area contributed by atoms with E-state index in [1.807, 2.05) is 12.1 Å². The molecule has 0 saturated carbocycles. The topological polar surface area (TPSA) is 38.0 Å². The van der Waals surface area contributed by atoms with E-state index in [-0.39, 0.29) is 0 Å². The van der Waals surface area contributed by atoms with Crippen molar-refractivity contribution in [1.82, 2.24) is 0 Å². The first-order valence-electron chi connectivity index (χ1n) is 6.46. The quantitative estimate of drug-likeness (QED) is 0.701. The fraction of sp³-hybridized carbons (Fsp3) is 0.571. The van der Waals surface area contributed by atoms with E-state index in [0.29, 0.717) is 10.7 Å². The number of anilines is 2. The van der Waals surface area contributed by atoms with Crippen LogP contribution in [0.3, 0.4) is 0 Å². The standard InChI is InChI=1S/C14H23ClN2/c1-3-5-6-11(4-2)10-17-14-8-7-12(16)9-13(14)15/h7-9,11,17H,3-6,10,16H2,1-2H3. The number of hydrogen-bond acceptors (Lipinski definition) is 2. The van der Waals surface area contributed by atoms with Crippen LogP contribution in [-0.2, 0) is 0 Å². The highest BCUT2D eigenvalue weighted by Crippen LogP contribution is 2.25. The number of rotatable bonds is 7. The van der Waals surface area contributed by atoms with Gasteiger partial charge in [0.15, 0.2) is 0 Å². The second-order valence-electron chi connectivity index (χ2n) is 4.54. The Morgan fingerprint density at radius 3 is 2.71 bits per heavy atom. The monoisotopic (exact) mass is 254 g/mol. The average molecular weight is 255 g/mol. The normalized spacial score (nSPS) is 12.4. The summed E-state index contributed by atoms with van der Waals surface area (Å²) < 4.78 is 0. The molecule has 3 heteroatoms. The van der Waals surface area contributed by atoms with Crippen LogP contribution in [0.4, 0.5) is 11.4 Å². The molecule has 3 N–H and O–H groups in total. The molecule has 2 nitrogen and oxygen atoms in total. The molecular weight excluding hydrogens is 232 g/mol. The molecule has 0 spiro atoms. The van der Waals surface area contributed by atoms with E-state index in [1.54, 1.807) is 6.07 Å². The highest BCUT2D eigenvalue weighted by Gasteiger charge is 2.07. The summed E-state index contributed by atoms with van der Waals surface area (Å²) in [5.41, 5.74) is 7.35. The smallest absolute Gasteiger partial charge is 0.0657 e. The molecule has 96 valence electrons. The van der Waals surface area contributed by atoms with E-state index in [1.165, 1.54) is 25.7 Å². The third kappa shape index (κ3) is 4.86. The Morgan fingerprint density at radius 1 is 1.35 bits per heavy atom. The van der Waals surface area contributed by atoms with Crippen molar-refractivity contribution in [3.63, 3.8) is 0 Å². The molecule has 1 unspecified atom stereocenters. The number of nitrogen functional groups attached to an aromatic ring is 1. The molecule has 17 heavy (non-hydrogen) atoms. The van der Waals surface area contributed by atoms with Crippen LogP contribution in [0.15, 0.2) is 18.2 Å². The lowest BCUT2D eigenvalue weighted by Gasteiger charge is -2.17. The summed E-state index contributed by atoms with van der Waals surface area (Å²) in [6, 6.07) is 5.61. The van der Waals surface area contributed by atoms with Crippen molar-refractivity contribution in [2.75, 3.05) is 17.6 Å². The number of hydrogen-bond donors (Lipinski definition) is 2. The van der Waals surface area contributed by atoms with Crippen molar-refractivity contribution in [3.05, 3.63) is 23.2 Å². The minimum Gasteiger partial charge on any atom is -0.399 e. The summed E-state index contributed by atoms with van der Waals surface area (Å²) in [4.78, 5) is 0. The van der Waals surface area contributed by atoms with Gasteiger partial charge in [-0.25, -0.2) is 0 Å². The molecule has 0 heterocycles. The third-order valence-electron chi connectivity index (χ3n) is 3.12. The molecule has 1 rings (SSSR count). The van der Waals surface area contributed by atoms with Crippen LogP contribution in [0.5, 0.6) is 0 Å². The fourth-order valence-electron chi connectivity index (χ4n) is 1.87. The minimum atomic E-state index is 0.704. The van der Waals surface area contributed by atoms with Gasteiger partial charge in [-0.05, 0) is 30.5 Å². The second-order valence-corrected chi connectivity index (χ2v) is 4.94. The first kappa shape index (κ1) is 14.2. The predicted octanol–water partition coefficient (Wildman–Crippen LogP) is 4.55. The van der Waals surface area contributed by atoms with Crippen LogP contribution in [0.1, 0.15) is 39.5 Å². The van der Waals surface area contributed by atoms with Gasteiger partial charge in [0, 0.05) is 12.2 Å². The molecule has 0 fully saturated rings. The molecule has 0 aliphatic rings.